The monoisotopic (exact) mass is 458 g/mol. The highest BCUT2D eigenvalue weighted by Crippen LogP contribution is 2.32. The minimum Gasteiger partial charge on any atom is -0.497 e. The first-order valence-corrected chi connectivity index (χ1v) is 10.6. The number of hydrogen-bond acceptors (Lipinski definition) is 7. The highest BCUT2D eigenvalue weighted by Gasteiger charge is 2.23. The Morgan fingerprint density at radius 2 is 2.00 bits per heavy atom. The Balaban J connectivity index is 0.00000272. The average Bonchev–Trinajstić information content (AvgIpc) is 3.22. The molecule has 0 bridgehead atoms. The number of rotatable bonds is 6. The predicted molar refractivity (Wildman–Crippen MR) is 124 cm³/mol. The van der Waals surface area contributed by atoms with Crippen molar-refractivity contribution < 1.29 is 14.3 Å². The van der Waals surface area contributed by atoms with Gasteiger partial charge in [0, 0.05) is 37.8 Å². The number of nitriles is 1. The van der Waals surface area contributed by atoms with Crippen molar-refractivity contribution in [3.63, 3.8) is 0 Å². The van der Waals surface area contributed by atoms with Crippen LogP contribution in [-0.2, 0) is 4.74 Å². The van der Waals surface area contributed by atoms with E-state index in [4.69, 9.17) is 19.7 Å². The molecule has 0 atom stereocenters. The molecule has 1 aliphatic heterocycles. The lowest BCUT2D eigenvalue weighted by molar-refractivity contribution is 0.0391. The molecule has 0 spiro atoms. The van der Waals surface area contributed by atoms with Gasteiger partial charge >= 0.3 is 0 Å². The van der Waals surface area contributed by atoms with Gasteiger partial charge in [0.05, 0.1) is 42.2 Å². The molecule has 7 nitrogen and oxygen atoms in total. The molecule has 162 valence electrons. The quantitative estimate of drug-likeness (QED) is 0.561. The zero-order chi connectivity index (χ0) is 20.9. The summed E-state index contributed by atoms with van der Waals surface area (Å²) in [6, 6.07) is 14.5. The van der Waals surface area contributed by atoms with Crippen LogP contribution >= 0.6 is 23.7 Å². The fourth-order valence-electron chi connectivity index (χ4n) is 3.33. The highest BCUT2D eigenvalue weighted by molar-refractivity contribution is 7.22. The maximum atomic E-state index is 13.4. The molecule has 3 aromatic rings. The fraction of sp³-hybridized carbons (Fsp3) is 0.318. The summed E-state index contributed by atoms with van der Waals surface area (Å²) >= 11 is 1.48. The molecule has 9 heteroatoms. The summed E-state index contributed by atoms with van der Waals surface area (Å²) < 4.78 is 11.7. The van der Waals surface area contributed by atoms with E-state index in [0.29, 0.717) is 36.0 Å². The predicted octanol–water partition coefficient (Wildman–Crippen LogP) is 3.58. The van der Waals surface area contributed by atoms with Crippen molar-refractivity contribution >= 4 is 45.0 Å². The van der Waals surface area contributed by atoms with E-state index < -0.39 is 0 Å². The van der Waals surface area contributed by atoms with E-state index in [1.54, 1.807) is 36.3 Å². The summed E-state index contributed by atoms with van der Waals surface area (Å²) in [5.41, 5.74) is 1.87. The number of morpholine rings is 1. The number of carbonyl (C=O) groups excluding carboxylic acids is 1. The molecule has 0 aliphatic carbocycles. The van der Waals surface area contributed by atoms with Gasteiger partial charge in [-0.2, -0.15) is 5.26 Å². The SMILES string of the molecule is COc1ccc2sc(N(CCN3CCOCC3)C(=O)c3ccc(C#N)cc3)nc2c1.Cl. The maximum absolute atomic E-state index is 13.4. The molecule has 1 aromatic heterocycles. The summed E-state index contributed by atoms with van der Waals surface area (Å²) in [4.78, 5) is 22.1. The molecule has 1 fully saturated rings. The molecule has 0 N–H and O–H groups in total. The van der Waals surface area contributed by atoms with Crippen LogP contribution in [0.5, 0.6) is 5.75 Å². The first-order chi connectivity index (χ1) is 14.7. The number of amides is 1. The molecule has 31 heavy (non-hydrogen) atoms. The number of carbonyl (C=O) groups is 1. The number of benzene rings is 2. The number of ether oxygens (including phenoxy) is 2. The number of anilines is 1. The first-order valence-electron chi connectivity index (χ1n) is 9.74. The Kier molecular flexibility index (Phi) is 7.82. The van der Waals surface area contributed by atoms with Crippen molar-refractivity contribution in [2.75, 3.05) is 51.4 Å². The molecule has 4 rings (SSSR count). The van der Waals surface area contributed by atoms with Gasteiger partial charge in [-0.25, -0.2) is 4.98 Å². The zero-order valence-corrected chi connectivity index (χ0v) is 18.7. The van der Waals surface area contributed by atoms with Gasteiger partial charge in [-0.05, 0) is 36.4 Å². The van der Waals surface area contributed by atoms with E-state index in [0.717, 1.165) is 35.6 Å². The number of aromatic nitrogens is 1. The van der Waals surface area contributed by atoms with Gasteiger partial charge in [-0.1, -0.05) is 11.3 Å². The van der Waals surface area contributed by atoms with Gasteiger partial charge in [0.1, 0.15) is 5.75 Å². The number of halogens is 1. The zero-order valence-electron chi connectivity index (χ0n) is 17.1. The molecular weight excluding hydrogens is 436 g/mol. The second-order valence-electron chi connectivity index (χ2n) is 6.93. The van der Waals surface area contributed by atoms with Crippen molar-refractivity contribution in [1.29, 1.82) is 5.26 Å². The number of thiazole rings is 1. The van der Waals surface area contributed by atoms with Crippen LogP contribution < -0.4 is 9.64 Å². The van der Waals surface area contributed by atoms with Gasteiger partial charge < -0.3 is 9.47 Å². The first kappa shape index (κ1) is 23.0. The third-order valence-electron chi connectivity index (χ3n) is 5.06. The second kappa shape index (κ2) is 10.6. The van der Waals surface area contributed by atoms with Gasteiger partial charge in [-0.3, -0.25) is 14.6 Å². The van der Waals surface area contributed by atoms with E-state index in [2.05, 4.69) is 11.0 Å². The number of methoxy groups -OCH3 is 1. The van der Waals surface area contributed by atoms with Crippen molar-refractivity contribution in [3.8, 4) is 11.8 Å². The number of fused-ring (bicyclic) bond motifs is 1. The molecule has 1 amide bonds. The van der Waals surface area contributed by atoms with E-state index in [9.17, 15) is 4.79 Å². The Morgan fingerprint density at radius 3 is 2.68 bits per heavy atom. The van der Waals surface area contributed by atoms with E-state index >= 15 is 0 Å². The summed E-state index contributed by atoms with van der Waals surface area (Å²) in [5, 5.41) is 9.68. The van der Waals surface area contributed by atoms with Crippen molar-refractivity contribution in [1.82, 2.24) is 9.88 Å². The van der Waals surface area contributed by atoms with Crippen LogP contribution in [-0.4, -0.2) is 62.3 Å². The molecule has 0 saturated carbocycles. The van der Waals surface area contributed by atoms with E-state index in [-0.39, 0.29) is 18.3 Å². The van der Waals surface area contributed by atoms with Gasteiger partial charge in [-0.15, -0.1) is 12.4 Å². The summed E-state index contributed by atoms with van der Waals surface area (Å²) in [7, 11) is 1.62. The molecule has 2 heterocycles. The Morgan fingerprint density at radius 1 is 1.26 bits per heavy atom. The summed E-state index contributed by atoms with van der Waals surface area (Å²) in [6.07, 6.45) is 0. The lowest BCUT2D eigenvalue weighted by Crippen LogP contribution is -2.43. The lowest BCUT2D eigenvalue weighted by atomic mass is 10.1. The van der Waals surface area contributed by atoms with Crippen LogP contribution in [0.3, 0.4) is 0 Å². The van der Waals surface area contributed by atoms with Crippen molar-refractivity contribution in [3.05, 3.63) is 53.6 Å². The largest absolute Gasteiger partial charge is 0.497 e. The minimum atomic E-state index is -0.126. The smallest absolute Gasteiger partial charge is 0.260 e. The summed E-state index contributed by atoms with van der Waals surface area (Å²) in [6.45, 7) is 4.40. The van der Waals surface area contributed by atoms with Crippen LogP contribution in [0, 0.1) is 11.3 Å². The Bertz CT molecular complexity index is 1070. The summed E-state index contributed by atoms with van der Waals surface area (Å²) in [5.74, 6) is 0.608. The second-order valence-corrected chi connectivity index (χ2v) is 7.94. The third-order valence-corrected chi connectivity index (χ3v) is 6.12. The van der Waals surface area contributed by atoms with Crippen LogP contribution in [0.25, 0.3) is 10.2 Å². The van der Waals surface area contributed by atoms with Crippen LogP contribution in [0.4, 0.5) is 5.13 Å². The molecule has 0 unspecified atom stereocenters. The highest BCUT2D eigenvalue weighted by atomic mass is 35.5. The molecule has 1 aliphatic rings. The number of hydrogen-bond donors (Lipinski definition) is 0. The fourth-order valence-corrected chi connectivity index (χ4v) is 4.30. The van der Waals surface area contributed by atoms with E-state index in [1.165, 1.54) is 11.3 Å². The molecular formula is C22H23ClN4O3S. The molecule has 0 radical (unpaired) electrons. The third kappa shape index (κ3) is 5.32. The van der Waals surface area contributed by atoms with Crippen molar-refractivity contribution in [2.45, 2.75) is 0 Å². The Hall–Kier alpha value is -2.70. The average molecular weight is 459 g/mol. The lowest BCUT2D eigenvalue weighted by Gasteiger charge is -2.29. The minimum absolute atomic E-state index is 0. The van der Waals surface area contributed by atoms with Crippen LogP contribution in [0.15, 0.2) is 42.5 Å². The maximum Gasteiger partial charge on any atom is 0.260 e. The molecule has 1 saturated heterocycles. The van der Waals surface area contributed by atoms with Gasteiger partial charge in [0.15, 0.2) is 5.13 Å². The normalized spacial score (nSPS) is 13.9. The number of nitrogens with zero attached hydrogens (tertiary/aromatic N) is 4. The molecule has 2 aromatic carbocycles. The van der Waals surface area contributed by atoms with Crippen LogP contribution in [0.1, 0.15) is 15.9 Å². The standard InChI is InChI=1S/C22H22N4O3S.ClH/c1-28-18-6-7-20-19(14-18)24-22(30-20)26(9-8-25-10-12-29-13-11-25)21(27)17-4-2-16(15-23)3-5-17;/h2-7,14H,8-13H2,1H3;1H. The van der Waals surface area contributed by atoms with Gasteiger partial charge in [0.25, 0.3) is 5.91 Å². The Labute approximate surface area is 191 Å². The van der Waals surface area contributed by atoms with Crippen LogP contribution in [0.2, 0.25) is 0 Å². The van der Waals surface area contributed by atoms with Gasteiger partial charge in [0.2, 0.25) is 0 Å². The topological polar surface area (TPSA) is 78.7 Å². The van der Waals surface area contributed by atoms with Crippen molar-refractivity contribution in [2.24, 2.45) is 0 Å². The van der Waals surface area contributed by atoms with E-state index in [1.807, 2.05) is 18.2 Å².